The van der Waals surface area contributed by atoms with E-state index in [0.29, 0.717) is 42.5 Å². The lowest BCUT2D eigenvalue weighted by Gasteiger charge is -2.33. The molecule has 0 radical (unpaired) electrons. The summed E-state index contributed by atoms with van der Waals surface area (Å²) >= 11 is 0. The number of aliphatic hydroxyl groups is 1. The third-order valence-electron chi connectivity index (χ3n) is 5.48. The van der Waals surface area contributed by atoms with Crippen molar-refractivity contribution in [2.24, 2.45) is 0 Å². The first-order valence-electron chi connectivity index (χ1n) is 9.75. The second-order valence-electron chi connectivity index (χ2n) is 7.35. The highest BCUT2D eigenvalue weighted by Crippen LogP contribution is 2.37. The van der Waals surface area contributed by atoms with Gasteiger partial charge in [-0.3, -0.25) is 4.98 Å². The molecule has 1 saturated heterocycles. The number of rotatable bonds is 4. The number of aromatic nitrogens is 1. The van der Waals surface area contributed by atoms with Gasteiger partial charge >= 0.3 is 0 Å². The molecule has 1 aliphatic heterocycles. The molecule has 7 heteroatoms. The van der Waals surface area contributed by atoms with Crippen LogP contribution < -0.4 is 4.90 Å². The van der Waals surface area contributed by atoms with Crippen molar-refractivity contribution in [1.82, 2.24) is 4.98 Å². The number of pyridine rings is 1. The molecule has 0 unspecified atom stereocenters. The number of piperidine rings is 1. The molecule has 3 aromatic rings. The van der Waals surface area contributed by atoms with E-state index in [4.69, 9.17) is 0 Å². The number of hydrogen-bond acceptors (Lipinski definition) is 5. The summed E-state index contributed by atoms with van der Waals surface area (Å²) in [6, 6.07) is 11.0. The summed E-state index contributed by atoms with van der Waals surface area (Å²) in [6.07, 6.45) is 2.84. The largest absolute Gasteiger partial charge is 0.393 e. The fourth-order valence-electron chi connectivity index (χ4n) is 3.78. The molecule has 4 rings (SSSR count). The van der Waals surface area contributed by atoms with Gasteiger partial charge in [-0.1, -0.05) is 19.1 Å². The molecule has 29 heavy (non-hydrogen) atoms. The highest BCUT2D eigenvalue weighted by molar-refractivity contribution is 7.91. The van der Waals surface area contributed by atoms with Crippen LogP contribution >= 0.6 is 0 Å². The number of aryl methyl sites for hydroxylation is 1. The number of sulfone groups is 1. The molecule has 5 nitrogen and oxygen atoms in total. The maximum atomic E-state index is 14.0. The van der Waals surface area contributed by atoms with Gasteiger partial charge in [-0.15, -0.1) is 0 Å². The second-order valence-corrected chi connectivity index (χ2v) is 9.27. The molecule has 0 spiro atoms. The zero-order valence-corrected chi connectivity index (χ0v) is 17.0. The van der Waals surface area contributed by atoms with Crippen LogP contribution in [0.1, 0.15) is 25.3 Å². The maximum absolute atomic E-state index is 14.0. The minimum Gasteiger partial charge on any atom is -0.393 e. The fraction of sp³-hybridized carbons (Fsp3) is 0.318. The fourth-order valence-corrected chi connectivity index (χ4v) is 5.21. The third kappa shape index (κ3) is 3.72. The van der Waals surface area contributed by atoms with Crippen LogP contribution in [0.5, 0.6) is 0 Å². The van der Waals surface area contributed by atoms with E-state index in [9.17, 15) is 17.9 Å². The van der Waals surface area contributed by atoms with Crippen LogP contribution in [0.2, 0.25) is 0 Å². The van der Waals surface area contributed by atoms with E-state index >= 15 is 0 Å². The van der Waals surface area contributed by atoms with E-state index in [0.717, 1.165) is 12.0 Å². The molecular weight excluding hydrogens is 391 g/mol. The molecule has 152 valence electrons. The van der Waals surface area contributed by atoms with Crippen molar-refractivity contribution in [1.29, 1.82) is 0 Å². The van der Waals surface area contributed by atoms with Gasteiger partial charge in [0.2, 0.25) is 9.84 Å². The molecule has 0 saturated carbocycles. The van der Waals surface area contributed by atoms with Crippen LogP contribution in [0.15, 0.2) is 58.5 Å². The summed E-state index contributed by atoms with van der Waals surface area (Å²) in [6.45, 7) is 3.00. The van der Waals surface area contributed by atoms with Crippen LogP contribution in [0.4, 0.5) is 10.1 Å². The van der Waals surface area contributed by atoms with E-state index in [1.807, 2.05) is 11.8 Å². The summed E-state index contributed by atoms with van der Waals surface area (Å²) in [4.78, 5) is 6.47. The lowest BCUT2D eigenvalue weighted by Crippen LogP contribution is -2.36. The van der Waals surface area contributed by atoms with Gasteiger partial charge in [0.1, 0.15) is 10.7 Å². The predicted octanol–water partition coefficient (Wildman–Crippen LogP) is 3.73. The van der Waals surface area contributed by atoms with Crippen LogP contribution in [-0.4, -0.2) is 37.7 Å². The van der Waals surface area contributed by atoms with E-state index < -0.39 is 21.8 Å². The van der Waals surface area contributed by atoms with Gasteiger partial charge in [0, 0.05) is 24.7 Å². The first-order chi connectivity index (χ1) is 13.9. The molecule has 1 N–H and O–H groups in total. The van der Waals surface area contributed by atoms with Crippen molar-refractivity contribution in [3.8, 4) is 0 Å². The Hall–Kier alpha value is -2.51. The van der Waals surface area contributed by atoms with Crippen molar-refractivity contribution in [2.75, 3.05) is 18.0 Å². The Kier molecular flexibility index (Phi) is 5.27. The van der Waals surface area contributed by atoms with E-state index in [1.165, 1.54) is 18.3 Å². The SMILES string of the molecule is CCc1ccc(S(=O)(=O)c2cnc3ccc(F)cc3c2N2CCC(O)CC2)cc1. The Morgan fingerprint density at radius 3 is 2.48 bits per heavy atom. The van der Waals surface area contributed by atoms with Gasteiger partial charge in [-0.05, 0) is 55.2 Å². The number of hydrogen-bond donors (Lipinski definition) is 1. The number of aliphatic hydroxyl groups excluding tert-OH is 1. The molecule has 1 aliphatic rings. The Balaban J connectivity index is 1.92. The lowest BCUT2D eigenvalue weighted by molar-refractivity contribution is 0.145. The van der Waals surface area contributed by atoms with Gasteiger partial charge in [0.05, 0.1) is 22.2 Å². The average molecular weight is 415 g/mol. The van der Waals surface area contributed by atoms with Crippen molar-refractivity contribution < 1.29 is 17.9 Å². The molecule has 1 fully saturated rings. The van der Waals surface area contributed by atoms with Crippen molar-refractivity contribution in [3.05, 3.63) is 60.0 Å². The smallest absolute Gasteiger partial charge is 0.210 e. The summed E-state index contributed by atoms with van der Waals surface area (Å²) in [5, 5.41) is 10.3. The molecule has 0 bridgehead atoms. The van der Waals surface area contributed by atoms with E-state index in [-0.39, 0.29) is 9.79 Å². The maximum Gasteiger partial charge on any atom is 0.210 e. The van der Waals surface area contributed by atoms with Gasteiger partial charge < -0.3 is 10.0 Å². The highest BCUT2D eigenvalue weighted by Gasteiger charge is 2.29. The van der Waals surface area contributed by atoms with Gasteiger partial charge in [-0.25, -0.2) is 12.8 Å². The quantitative estimate of drug-likeness (QED) is 0.704. The summed E-state index contributed by atoms with van der Waals surface area (Å²) in [7, 11) is -3.85. The topological polar surface area (TPSA) is 70.5 Å². The van der Waals surface area contributed by atoms with Crippen molar-refractivity contribution in [2.45, 2.75) is 42.1 Å². The van der Waals surface area contributed by atoms with Gasteiger partial charge in [0.15, 0.2) is 0 Å². The third-order valence-corrected chi connectivity index (χ3v) is 7.25. The lowest BCUT2D eigenvalue weighted by atomic mass is 10.1. The van der Waals surface area contributed by atoms with Gasteiger partial charge in [0.25, 0.3) is 0 Å². The van der Waals surface area contributed by atoms with Gasteiger partial charge in [-0.2, -0.15) is 0 Å². The summed E-state index contributed by atoms with van der Waals surface area (Å²) < 4.78 is 41.0. The standard InChI is InChI=1S/C22H23FN2O3S/c1-2-15-3-6-18(7-4-15)29(27,28)21-14-24-20-8-5-16(23)13-19(20)22(21)25-11-9-17(26)10-12-25/h3-8,13-14,17,26H,2,9-12H2,1H3. The first kappa shape index (κ1) is 19.8. The number of nitrogens with zero attached hydrogens (tertiary/aromatic N) is 2. The zero-order valence-electron chi connectivity index (χ0n) is 16.2. The Morgan fingerprint density at radius 1 is 1.14 bits per heavy atom. The highest BCUT2D eigenvalue weighted by atomic mass is 32.2. The minimum absolute atomic E-state index is 0.0660. The molecular formula is C22H23FN2O3S. The molecule has 2 heterocycles. The minimum atomic E-state index is -3.85. The average Bonchev–Trinajstić information content (AvgIpc) is 2.73. The molecule has 1 aromatic heterocycles. The van der Waals surface area contributed by atoms with E-state index in [2.05, 4.69) is 4.98 Å². The molecule has 0 amide bonds. The normalized spacial score (nSPS) is 15.8. The molecule has 0 aliphatic carbocycles. The summed E-state index contributed by atoms with van der Waals surface area (Å²) in [5.41, 5.74) is 2.04. The van der Waals surface area contributed by atoms with Crippen LogP contribution in [0, 0.1) is 5.82 Å². The zero-order chi connectivity index (χ0) is 20.6. The van der Waals surface area contributed by atoms with E-state index in [1.54, 1.807) is 30.3 Å². The van der Waals surface area contributed by atoms with Crippen LogP contribution in [0.3, 0.4) is 0 Å². The van der Waals surface area contributed by atoms with Crippen molar-refractivity contribution in [3.63, 3.8) is 0 Å². The first-order valence-corrected chi connectivity index (χ1v) is 11.2. The Labute approximate surface area is 169 Å². The Morgan fingerprint density at radius 2 is 1.83 bits per heavy atom. The second kappa shape index (κ2) is 7.72. The monoisotopic (exact) mass is 414 g/mol. The number of halogens is 1. The Bertz CT molecular complexity index is 1140. The van der Waals surface area contributed by atoms with Crippen molar-refractivity contribution >= 4 is 26.4 Å². The number of benzene rings is 2. The number of fused-ring (bicyclic) bond motifs is 1. The van der Waals surface area contributed by atoms with Crippen LogP contribution in [-0.2, 0) is 16.3 Å². The summed E-state index contributed by atoms with van der Waals surface area (Å²) in [5.74, 6) is -0.445. The van der Waals surface area contributed by atoms with Crippen LogP contribution in [0.25, 0.3) is 10.9 Å². The molecule has 0 atom stereocenters. The molecule has 2 aromatic carbocycles. The number of anilines is 1. The predicted molar refractivity (Wildman–Crippen MR) is 110 cm³/mol.